The van der Waals surface area contributed by atoms with Gasteiger partial charge < -0.3 is 19.8 Å². The molecule has 1 atom stereocenters. The van der Waals surface area contributed by atoms with Crippen LogP contribution < -0.4 is 10.6 Å². The van der Waals surface area contributed by atoms with Gasteiger partial charge in [-0.15, -0.1) is 0 Å². The molecule has 1 aromatic carbocycles. The molecule has 8 nitrogen and oxygen atoms in total. The average molecular weight is 438 g/mol. The minimum atomic E-state index is -0.241. The van der Waals surface area contributed by atoms with Gasteiger partial charge in [-0.3, -0.25) is 9.58 Å². The van der Waals surface area contributed by atoms with Gasteiger partial charge in [-0.05, 0) is 56.7 Å². The van der Waals surface area contributed by atoms with Gasteiger partial charge in [-0.2, -0.15) is 5.10 Å². The number of benzene rings is 1. The quantitative estimate of drug-likeness (QED) is 0.590. The molecule has 1 aliphatic heterocycles. The number of morpholine rings is 1. The zero-order chi connectivity index (χ0) is 22.5. The summed E-state index contributed by atoms with van der Waals surface area (Å²) in [5.41, 5.74) is 3.93. The number of nitrogens with zero attached hydrogens (tertiary/aromatic N) is 3. The van der Waals surface area contributed by atoms with Crippen molar-refractivity contribution in [1.29, 1.82) is 0 Å². The highest BCUT2D eigenvalue weighted by Crippen LogP contribution is 2.23. The molecule has 170 valence electrons. The summed E-state index contributed by atoms with van der Waals surface area (Å²) in [5, 5.41) is 10.5. The Kier molecular flexibility index (Phi) is 6.92. The van der Waals surface area contributed by atoms with Gasteiger partial charge in [0.05, 0.1) is 31.5 Å². The van der Waals surface area contributed by atoms with Crippen molar-refractivity contribution in [3.63, 3.8) is 0 Å². The van der Waals surface area contributed by atoms with Crippen LogP contribution in [0, 0.1) is 20.8 Å². The van der Waals surface area contributed by atoms with Crippen LogP contribution in [0.3, 0.4) is 0 Å². The normalized spacial score (nSPS) is 15.5. The van der Waals surface area contributed by atoms with E-state index in [2.05, 4.69) is 26.7 Å². The molecule has 0 aliphatic carbocycles. The van der Waals surface area contributed by atoms with Crippen molar-refractivity contribution in [3.8, 4) is 0 Å². The largest absolute Gasteiger partial charge is 0.465 e. The molecule has 2 aromatic heterocycles. The Hall–Kier alpha value is -3.10. The van der Waals surface area contributed by atoms with Gasteiger partial charge >= 0.3 is 6.03 Å². The first-order valence-electron chi connectivity index (χ1n) is 11.0. The molecule has 1 aliphatic rings. The fourth-order valence-electron chi connectivity index (χ4n) is 4.05. The number of carbonyl (C=O) groups excluding carboxylic acids is 1. The predicted octanol–water partition coefficient (Wildman–Crippen LogP) is 3.64. The van der Waals surface area contributed by atoms with E-state index in [0.29, 0.717) is 26.3 Å². The molecule has 32 heavy (non-hydrogen) atoms. The van der Waals surface area contributed by atoms with Crippen molar-refractivity contribution in [2.24, 2.45) is 0 Å². The number of ether oxygens (including phenoxy) is 1. The number of aromatic nitrogens is 2. The molecule has 3 aromatic rings. The summed E-state index contributed by atoms with van der Waals surface area (Å²) in [6.45, 7) is 10.1. The van der Waals surface area contributed by atoms with E-state index in [1.165, 1.54) is 0 Å². The van der Waals surface area contributed by atoms with Crippen molar-refractivity contribution in [2.75, 3.05) is 38.2 Å². The van der Waals surface area contributed by atoms with E-state index in [0.717, 1.165) is 47.2 Å². The molecular weight excluding hydrogens is 406 g/mol. The lowest BCUT2D eigenvalue weighted by Gasteiger charge is -2.33. The molecule has 0 saturated carbocycles. The van der Waals surface area contributed by atoms with Crippen LogP contribution in [-0.2, 0) is 11.3 Å². The summed E-state index contributed by atoms with van der Waals surface area (Å²) in [4.78, 5) is 14.9. The molecular formula is C24H31N5O3. The van der Waals surface area contributed by atoms with E-state index >= 15 is 0 Å². The monoisotopic (exact) mass is 437 g/mol. The first kappa shape index (κ1) is 22.1. The van der Waals surface area contributed by atoms with Crippen molar-refractivity contribution >= 4 is 11.7 Å². The number of rotatable bonds is 7. The van der Waals surface area contributed by atoms with Crippen molar-refractivity contribution in [1.82, 2.24) is 20.0 Å². The maximum Gasteiger partial charge on any atom is 0.319 e. The van der Waals surface area contributed by atoms with Gasteiger partial charge in [0, 0.05) is 31.0 Å². The average Bonchev–Trinajstić information content (AvgIpc) is 3.33. The summed E-state index contributed by atoms with van der Waals surface area (Å²) in [5.74, 6) is 1.72. The number of carbonyl (C=O) groups is 1. The van der Waals surface area contributed by atoms with Gasteiger partial charge in [0.1, 0.15) is 11.5 Å². The number of aryl methyl sites for hydroxylation is 3. The summed E-state index contributed by atoms with van der Waals surface area (Å²) in [7, 11) is 0. The molecule has 0 bridgehead atoms. The van der Waals surface area contributed by atoms with Gasteiger partial charge in [0.25, 0.3) is 0 Å². The van der Waals surface area contributed by atoms with Gasteiger partial charge in [-0.1, -0.05) is 12.1 Å². The number of furan rings is 1. The molecule has 2 N–H and O–H groups in total. The smallest absolute Gasteiger partial charge is 0.319 e. The first-order chi connectivity index (χ1) is 15.5. The fraction of sp³-hybridized carbons (Fsp3) is 0.417. The summed E-state index contributed by atoms with van der Waals surface area (Å²) >= 11 is 0. The number of anilines is 1. The van der Waals surface area contributed by atoms with Crippen LogP contribution in [0.2, 0.25) is 0 Å². The molecule has 2 amide bonds. The van der Waals surface area contributed by atoms with Crippen LogP contribution in [0.25, 0.3) is 0 Å². The second kappa shape index (κ2) is 10.0. The molecule has 8 heteroatoms. The summed E-state index contributed by atoms with van der Waals surface area (Å²) in [6.07, 6.45) is 0. The highest BCUT2D eigenvalue weighted by Gasteiger charge is 2.25. The molecule has 1 fully saturated rings. The van der Waals surface area contributed by atoms with Crippen LogP contribution in [-0.4, -0.2) is 53.6 Å². The number of urea groups is 1. The van der Waals surface area contributed by atoms with Crippen molar-refractivity contribution < 1.29 is 13.9 Å². The molecule has 4 rings (SSSR count). The van der Waals surface area contributed by atoms with Crippen LogP contribution in [0.4, 0.5) is 10.5 Å². The number of nitrogens with one attached hydrogen (secondary N) is 2. The Balaban J connectivity index is 1.37. The Morgan fingerprint density at radius 3 is 2.62 bits per heavy atom. The Labute approximate surface area is 188 Å². The van der Waals surface area contributed by atoms with Crippen molar-refractivity contribution in [3.05, 3.63) is 70.9 Å². The Morgan fingerprint density at radius 2 is 1.94 bits per heavy atom. The van der Waals surface area contributed by atoms with Crippen LogP contribution in [0.15, 0.2) is 46.9 Å². The van der Waals surface area contributed by atoms with Crippen molar-refractivity contribution in [2.45, 2.75) is 33.4 Å². The Morgan fingerprint density at radius 1 is 1.12 bits per heavy atom. The van der Waals surface area contributed by atoms with E-state index in [1.807, 2.05) is 61.9 Å². The van der Waals surface area contributed by atoms with Crippen LogP contribution in [0.5, 0.6) is 0 Å². The second-order valence-electron chi connectivity index (χ2n) is 8.23. The molecule has 0 radical (unpaired) electrons. The van der Waals surface area contributed by atoms with Gasteiger partial charge in [0.15, 0.2) is 0 Å². The fourth-order valence-corrected chi connectivity index (χ4v) is 4.05. The van der Waals surface area contributed by atoms with Gasteiger partial charge in [-0.25, -0.2) is 4.79 Å². The van der Waals surface area contributed by atoms with E-state index in [4.69, 9.17) is 9.15 Å². The number of hydrogen-bond donors (Lipinski definition) is 2. The zero-order valence-electron chi connectivity index (χ0n) is 18.9. The minimum absolute atomic E-state index is 0.0317. The molecule has 0 spiro atoms. The third-order valence-corrected chi connectivity index (χ3v) is 5.65. The highest BCUT2D eigenvalue weighted by molar-refractivity contribution is 5.89. The Bertz CT molecular complexity index is 1050. The predicted molar refractivity (Wildman–Crippen MR) is 123 cm³/mol. The van der Waals surface area contributed by atoms with E-state index in [-0.39, 0.29) is 12.1 Å². The lowest BCUT2D eigenvalue weighted by molar-refractivity contribution is 0.0122. The lowest BCUT2D eigenvalue weighted by Crippen LogP contribution is -2.44. The molecule has 3 heterocycles. The van der Waals surface area contributed by atoms with E-state index in [9.17, 15) is 4.79 Å². The number of hydrogen-bond acceptors (Lipinski definition) is 5. The SMILES string of the molecule is Cc1cc(C)n(Cc2cccc(NC(=O)NCC(c3ccc(C)o3)N3CCOCC3)c2)n1. The van der Waals surface area contributed by atoms with E-state index < -0.39 is 0 Å². The van der Waals surface area contributed by atoms with Crippen LogP contribution >= 0.6 is 0 Å². The topological polar surface area (TPSA) is 84.6 Å². The third kappa shape index (κ3) is 5.57. The summed E-state index contributed by atoms with van der Waals surface area (Å²) < 4.78 is 13.3. The standard InChI is InChI=1S/C24H31N5O3/c1-17-13-18(2)29(27-17)16-20-5-4-6-21(14-20)26-24(30)25-15-22(23-8-7-19(3)32-23)28-9-11-31-12-10-28/h4-8,13-14,22H,9-12,15-16H2,1-3H3,(H2,25,26,30). The van der Waals surface area contributed by atoms with E-state index in [1.54, 1.807) is 0 Å². The minimum Gasteiger partial charge on any atom is -0.465 e. The summed E-state index contributed by atoms with van der Waals surface area (Å²) in [6, 6.07) is 13.6. The lowest BCUT2D eigenvalue weighted by atomic mass is 10.1. The second-order valence-corrected chi connectivity index (χ2v) is 8.23. The molecule has 1 saturated heterocycles. The maximum absolute atomic E-state index is 12.6. The highest BCUT2D eigenvalue weighted by atomic mass is 16.5. The number of amides is 2. The maximum atomic E-state index is 12.6. The van der Waals surface area contributed by atoms with Crippen LogP contribution in [0.1, 0.15) is 34.5 Å². The van der Waals surface area contributed by atoms with Gasteiger partial charge in [0.2, 0.25) is 0 Å². The zero-order valence-corrected chi connectivity index (χ0v) is 18.9. The first-order valence-corrected chi connectivity index (χ1v) is 11.0. The molecule has 1 unspecified atom stereocenters. The third-order valence-electron chi connectivity index (χ3n) is 5.65.